The van der Waals surface area contributed by atoms with Crippen LogP contribution in [0.3, 0.4) is 0 Å². The lowest BCUT2D eigenvalue weighted by molar-refractivity contribution is -0.143. The Morgan fingerprint density at radius 1 is 1.05 bits per heavy atom. The highest BCUT2D eigenvalue weighted by molar-refractivity contribution is 5.92. The molecular weight excluding hydrogens is 478 g/mol. The zero-order chi connectivity index (χ0) is 28.9. The van der Waals surface area contributed by atoms with E-state index in [9.17, 15) is 14.4 Å². The topological polar surface area (TPSA) is 87.7 Å². The van der Waals surface area contributed by atoms with Crippen molar-refractivity contribution in [3.05, 3.63) is 42.0 Å². The standard InChI is InChI=1S/C31H51N3O4/c1-10-14-15-20-34(29(36)26(22(5)12-3)33-30(37)38-31(7,8)9)27(28(35)32-23(6)17-11-2)25-19-16-18-24(13-4)21-25/h13,16,18-19,21-23,26-27H,4,10-12,14-15,17,20H2,1-3,5-9H3,(H,32,35)(H,33,37). The minimum Gasteiger partial charge on any atom is -0.444 e. The van der Waals surface area contributed by atoms with Gasteiger partial charge in [-0.25, -0.2) is 4.79 Å². The maximum absolute atomic E-state index is 14.3. The monoisotopic (exact) mass is 529 g/mol. The largest absolute Gasteiger partial charge is 0.444 e. The van der Waals surface area contributed by atoms with E-state index in [4.69, 9.17) is 4.74 Å². The van der Waals surface area contributed by atoms with E-state index in [-0.39, 0.29) is 23.8 Å². The van der Waals surface area contributed by atoms with Crippen molar-refractivity contribution < 1.29 is 19.1 Å². The number of amides is 3. The van der Waals surface area contributed by atoms with Crippen molar-refractivity contribution in [1.29, 1.82) is 0 Å². The molecule has 0 saturated carbocycles. The third-order valence-corrected chi connectivity index (χ3v) is 6.57. The number of nitrogens with one attached hydrogen (secondary N) is 2. The predicted octanol–water partition coefficient (Wildman–Crippen LogP) is 6.63. The second kappa shape index (κ2) is 16.2. The molecule has 1 rings (SSSR count). The minimum atomic E-state index is -0.842. The van der Waals surface area contributed by atoms with Crippen LogP contribution in [0.2, 0.25) is 0 Å². The van der Waals surface area contributed by atoms with Crippen LogP contribution in [-0.2, 0) is 14.3 Å². The van der Waals surface area contributed by atoms with Crippen LogP contribution in [0.15, 0.2) is 30.8 Å². The molecule has 1 aromatic rings. The summed E-state index contributed by atoms with van der Waals surface area (Å²) in [5, 5.41) is 5.95. The van der Waals surface area contributed by atoms with Gasteiger partial charge in [-0.15, -0.1) is 0 Å². The molecule has 2 N–H and O–H groups in total. The van der Waals surface area contributed by atoms with E-state index in [2.05, 4.69) is 31.1 Å². The molecule has 0 spiro atoms. The Bertz CT molecular complexity index is 909. The van der Waals surface area contributed by atoms with Crippen LogP contribution in [0.5, 0.6) is 0 Å². The van der Waals surface area contributed by atoms with Gasteiger partial charge in [-0.2, -0.15) is 0 Å². The maximum atomic E-state index is 14.3. The molecule has 1 aromatic carbocycles. The van der Waals surface area contributed by atoms with Gasteiger partial charge >= 0.3 is 6.09 Å². The van der Waals surface area contributed by atoms with Crippen LogP contribution in [0.4, 0.5) is 4.79 Å². The predicted molar refractivity (Wildman–Crippen MR) is 156 cm³/mol. The number of carbonyl (C=O) groups is 3. The first-order valence-electron chi connectivity index (χ1n) is 14.2. The number of hydrogen-bond acceptors (Lipinski definition) is 4. The highest BCUT2D eigenvalue weighted by Gasteiger charge is 2.38. The van der Waals surface area contributed by atoms with Gasteiger partial charge in [0.25, 0.3) is 0 Å². The summed E-state index contributed by atoms with van der Waals surface area (Å²) in [6, 6.07) is 5.87. The first kappa shape index (κ1) is 33.2. The Kier molecular flexibility index (Phi) is 14.2. The van der Waals surface area contributed by atoms with Crippen molar-refractivity contribution in [1.82, 2.24) is 15.5 Å². The van der Waals surface area contributed by atoms with E-state index >= 15 is 0 Å². The third kappa shape index (κ3) is 10.9. The Hall–Kier alpha value is -2.83. The van der Waals surface area contributed by atoms with Gasteiger partial charge in [0.2, 0.25) is 11.8 Å². The van der Waals surface area contributed by atoms with E-state index in [1.165, 1.54) is 0 Å². The molecule has 7 heteroatoms. The Balaban J connectivity index is 3.58. The molecule has 0 aliphatic heterocycles. The Morgan fingerprint density at radius 2 is 1.74 bits per heavy atom. The average molecular weight is 530 g/mol. The summed E-state index contributed by atoms with van der Waals surface area (Å²) in [5.41, 5.74) is 0.888. The molecule has 214 valence electrons. The Morgan fingerprint density at radius 3 is 2.29 bits per heavy atom. The van der Waals surface area contributed by atoms with Crippen LogP contribution in [0, 0.1) is 5.92 Å². The minimum absolute atomic E-state index is 0.0320. The molecule has 0 fully saturated rings. The number of carbonyl (C=O) groups excluding carboxylic acids is 3. The lowest BCUT2D eigenvalue weighted by Gasteiger charge is -2.36. The fourth-order valence-corrected chi connectivity index (χ4v) is 4.35. The van der Waals surface area contributed by atoms with Crippen molar-refractivity contribution in [2.24, 2.45) is 5.92 Å². The van der Waals surface area contributed by atoms with Gasteiger partial charge in [0.1, 0.15) is 17.7 Å². The molecule has 0 radical (unpaired) electrons. The fourth-order valence-electron chi connectivity index (χ4n) is 4.35. The van der Waals surface area contributed by atoms with Gasteiger partial charge in [-0.1, -0.05) is 84.2 Å². The number of ether oxygens (including phenoxy) is 1. The van der Waals surface area contributed by atoms with Crippen LogP contribution >= 0.6 is 0 Å². The fraction of sp³-hybridized carbons (Fsp3) is 0.645. The molecule has 4 unspecified atom stereocenters. The summed E-state index contributed by atoms with van der Waals surface area (Å²) in [6.45, 7) is 19.7. The van der Waals surface area contributed by atoms with Crippen LogP contribution in [-0.4, -0.2) is 47.0 Å². The second-order valence-corrected chi connectivity index (χ2v) is 11.2. The first-order chi connectivity index (χ1) is 17.9. The molecule has 38 heavy (non-hydrogen) atoms. The summed E-state index contributed by atoms with van der Waals surface area (Å²) in [5.74, 6) is -0.670. The molecule has 4 atom stereocenters. The zero-order valence-electron chi connectivity index (χ0n) is 24.9. The Labute approximate surface area is 230 Å². The van der Waals surface area contributed by atoms with E-state index in [1.807, 2.05) is 45.0 Å². The van der Waals surface area contributed by atoms with Gasteiger partial charge in [-0.05, 0) is 63.6 Å². The van der Waals surface area contributed by atoms with Crippen molar-refractivity contribution in [3.63, 3.8) is 0 Å². The normalized spacial score (nSPS) is 14.5. The van der Waals surface area contributed by atoms with Gasteiger partial charge in [0.15, 0.2) is 0 Å². The van der Waals surface area contributed by atoms with E-state index in [0.717, 1.165) is 37.7 Å². The number of unbranched alkanes of at least 4 members (excludes halogenated alkanes) is 2. The smallest absolute Gasteiger partial charge is 0.408 e. The highest BCUT2D eigenvalue weighted by atomic mass is 16.6. The van der Waals surface area contributed by atoms with Crippen molar-refractivity contribution in [3.8, 4) is 0 Å². The molecule has 0 aliphatic carbocycles. The van der Waals surface area contributed by atoms with Crippen LogP contribution < -0.4 is 10.6 Å². The van der Waals surface area contributed by atoms with Crippen LogP contribution in [0.25, 0.3) is 6.08 Å². The summed E-state index contributed by atoms with van der Waals surface area (Å²) in [4.78, 5) is 42.5. The van der Waals surface area contributed by atoms with Gasteiger partial charge < -0.3 is 20.3 Å². The van der Waals surface area contributed by atoms with Gasteiger partial charge in [0, 0.05) is 12.6 Å². The number of hydrogen-bond donors (Lipinski definition) is 2. The molecule has 0 aromatic heterocycles. The zero-order valence-corrected chi connectivity index (χ0v) is 24.9. The van der Waals surface area contributed by atoms with Gasteiger partial charge in [-0.3, -0.25) is 9.59 Å². The molecule has 0 bridgehead atoms. The number of nitrogens with zero attached hydrogens (tertiary/aromatic N) is 1. The van der Waals surface area contributed by atoms with E-state index in [0.29, 0.717) is 18.5 Å². The van der Waals surface area contributed by atoms with Crippen LogP contribution in [0.1, 0.15) is 111 Å². The SMILES string of the molecule is C=Cc1cccc(C(C(=O)NC(C)CCC)N(CCCCC)C(=O)C(NC(=O)OC(C)(C)C)C(C)CC)c1. The van der Waals surface area contributed by atoms with Crippen molar-refractivity contribution in [2.45, 2.75) is 118 Å². The third-order valence-electron chi connectivity index (χ3n) is 6.57. The molecule has 3 amide bonds. The maximum Gasteiger partial charge on any atom is 0.408 e. The number of benzene rings is 1. The number of rotatable bonds is 15. The van der Waals surface area contributed by atoms with Gasteiger partial charge in [0.05, 0.1) is 0 Å². The lowest BCUT2D eigenvalue weighted by atomic mass is 9.95. The number of alkyl carbamates (subject to hydrolysis) is 1. The van der Waals surface area contributed by atoms with E-state index in [1.54, 1.807) is 31.7 Å². The highest BCUT2D eigenvalue weighted by Crippen LogP contribution is 2.27. The quantitative estimate of drug-likeness (QED) is 0.250. The van der Waals surface area contributed by atoms with E-state index < -0.39 is 23.8 Å². The van der Waals surface area contributed by atoms with Crippen molar-refractivity contribution in [2.75, 3.05) is 6.54 Å². The molecular formula is C31H51N3O4. The average Bonchev–Trinajstić information content (AvgIpc) is 2.85. The van der Waals surface area contributed by atoms with Crippen molar-refractivity contribution >= 4 is 24.0 Å². The lowest BCUT2D eigenvalue weighted by Crippen LogP contribution is -2.55. The second-order valence-electron chi connectivity index (χ2n) is 11.2. The molecule has 0 saturated heterocycles. The molecule has 0 heterocycles. The summed E-state index contributed by atoms with van der Waals surface area (Å²) < 4.78 is 5.48. The molecule has 0 aliphatic rings. The molecule has 7 nitrogen and oxygen atoms in total. The summed E-state index contributed by atoms with van der Waals surface area (Å²) in [7, 11) is 0. The first-order valence-corrected chi connectivity index (χ1v) is 14.2. The summed E-state index contributed by atoms with van der Waals surface area (Å²) in [6.07, 6.45) is 6.18. The summed E-state index contributed by atoms with van der Waals surface area (Å²) >= 11 is 0.